The second kappa shape index (κ2) is 10.9. The Morgan fingerprint density at radius 1 is 0.946 bits per heavy atom. The van der Waals surface area contributed by atoms with Crippen LogP contribution in [0.2, 0.25) is 0 Å². The summed E-state index contributed by atoms with van der Waals surface area (Å²) in [7, 11) is 0. The van der Waals surface area contributed by atoms with Crippen LogP contribution < -0.4 is 5.32 Å². The highest BCUT2D eigenvalue weighted by molar-refractivity contribution is 5.89. The average Bonchev–Trinajstić information content (AvgIpc) is 3.59. The molecule has 186 valence electrons. The molecule has 0 saturated carbocycles. The third kappa shape index (κ3) is 5.56. The van der Waals surface area contributed by atoms with Crippen molar-refractivity contribution in [3.05, 3.63) is 120 Å². The van der Waals surface area contributed by atoms with Crippen molar-refractivity contribution in [2.24, 2.45) is 0 Å². The Labute approximate surface area is 212 Å². The third-order valence-electron chi connectivity index (χ3n) is 5.98. The minimum absolute atomic E-state index is 0.0828. The number of fused-ring (bicyclic) bond motifs is 1. The first-order valence-corrected chi connectivity index (χ1v) is 11.8. The van der Waals surface area contributed by atoms with Gasteiger partial charge in [0.05, 0.1) is 18.3 Å². The Morgan fingerprint density at radius 3 is 2.46 bits per heavy atom. The normalized spacial score (nSPS) is 11.8. The van der Waals surface area contributed by atoms with Crippen molar-refractivity contribution in [1.82, 2.24) is 25.2 Å². The van der Waals surface area contributed by atoms with E-state index in [-0.39, 0.29) is 37.3 Å². The number of hydrogen-bond donors (Lipinski definition) is 1. The SMILES string of the molecule is O=C(NCc1ccco1)C(c1ccccc1)N(Cc1ccc(F)cc1)C(=O)Cn1nnc2ccccc21. The van der Waals surface area contributed by atoms with Gasteiger partial charge in [-0.2, -0.15) is 0 Å². The van der Waals surface area contributed by atoms with Crippen molar-refractivity contribution in [3.63, 3.8) is 0 Å². The van der Waals surface area contributed by atoms with Gasteiger partial charge in [-0.3, -0.25) is 9.59 Å². The first kappa shape index (κ1) is 23.9. The standard InChI is InChI=1S/C28H24FN5O3/c29-22-14-12-20(13-15-22)18-33(26(35)19-34-25-11-5-4-10-24(25)31-32-34)27(21-7-2-1-3-8-21)28(36)30-17-23-9-6-16-37-23/h1-16,27H,17-19H2,(H,30,36). The number of carbonyl (C=O) groups is 2. The number of furan rings is 1. The second-order valence-electron chi connectivity index (χ2n) is 8.49. The first-order valence-electron chi connectivity index (χ1n) is 11.8. The highest BCUT2D eigenvalue weighted by Gasteiger charge is 2.32. The molecule has 1 unspecified atom stereocenters. The molecule has 9 heteroatoms. The number of amides is 2. The molecule has 2 heterocycles. The maximum absolute atomic E-state index is 13.8. The minimum atomic E-state index is -0.955. The van der Waals surface area contributed by atoms with E-state index in [0.717, 1.165) is 0 Å². The van der Waals surface area contributed by atoms with Crippen molar-refractivity contribution in [1.29, 1.82) is 0 Å². The lowest BCUT2D eigenvalue weighted by atomic mass is 10.0. The van der Waals surface area contributed by atoms with Crippen LogP contribution in [-0.4, -0.2) is 31.7 Å². The quantitative estimate of drug-likeness (QED) is 0.329. The van der Waals surface area contributed by atoms with Gasteiger partial charge in [-0.15, -0.1) is 5.10 Å². The fraction of sp³-hybridized carbons (Fsp3) is 0.143. The Kier molecular flexibility index (Phi) is 7.02. The molecule has 2 amide bonds. The minimum Gasteiger partial charge on any atom is -0.467 e. The summed E-state index contributed by atoms with van der Waals surface area (Å²) < 4.78 is 20.5. The van der Waals surface area contributed by atoms with E-state index in [1.165, 1.54) is 28.0 Å². The van der Waals surface area contributed by atoms with Crippen LogP contribution in [0.5, 0.6) is 0 Å². The predicted molar refractivity (Wildman–Crippen MR) is 134 cm³/mol. The van der Waals surface area contributed by atoms with Crippen LogP contribution in [-0.2, 0) is 29.2 Å². The molecule has 37 heavy (non-hydrogen) atoms. The Hall–Kier alpha value is -4.79. The number of aromatic nitrogens is 3. The summed E-state index contributed by atoms with van der Waals surface area (Å²) in [6.07, 6.45) is 1.53. The number of carbonyl (C=O) groups excluding carboxylic acids is 2. The van der Waals surface area contributed by atoms with Gasteiger partial charge in [0.2, 0.25) is 11.8 Å². The van der Waals surface area contributed by atoms with Gasteiger partial charge in [0.1, 0.15) is 29.7 Å². The summed E-state index contributed by atoms with van der Waals surface area (Å²) >= 11 is 0. The smallest absolute Gasteiger partial charge is 0.247 e. The highest BCUT2D eigenvalue weighted by atomic mass is 19.1. The van der Waals surface area contributed by atoms with Gasteiger partial charge in [0, 0.05) is 6.54 Å². The van der Waals surface area contributed by atoms with Crippen LogP contribution in [0.1, 0.15) is 22.9 Å². The summed E-state index contributed by atoms with van der Waals surface area (Å²) in [6, 6.07) is 24.8. The molecule has 0 aliphatic heterocycles. The van der Waals surface area contributed by atoms with Gasteiger partial charge < -0.3 is 14.6 Å². The largest absolute Gasteiger partial charge is 0.467 e. The lowest BCUT2D eigenvalue weighted by Gasteiger charge is -2.31. The molecule has 0 saturated heterocycles. The fourth-order valence-electron chi connectivity index (χ4n) is 4.16. The van der Waals surface area contributed by atoms with Crippen LogP contribution in [0.15, 0.2) is 102 Å². The number of hydrogen-bond acceptors (Lipinski definition) is 5. The number of nitrogens with one attached hydrogen (secondary N) is 1. The maximum atomic E-state index is 13.8. The topological polar surface area (TPSA) is 93.3 Å². The zero-order valence-electron chi connectivity index (χ0n) is 19.8. The molecule has 0 aliphatic carbocycles. The van der Waals surface area contributed by atoms with Crippen molar-refractivity contribution >= 4 is 22.8 Å². The number of benzene rings is 3. The third-order valence-corrected chi connectivity index (χ3v) is 5.98. The van der Waals surface area contributed by atoms with E-state index in [0.29, 0.717) is 27.9 Å². The molecule has 0 fully saturated rings. The van der Waals surface area contributed by atoms with Crippen LogP contribution in [0, 0.1) is 5.82 Å². The van der Waals surface area contributed by atoms with Crippen LogP contribution in [0.3, 0.4) is 0 Å². The molecule has 0 radical (unpaired) electrons. The molecule has 3 aromatic carbocycles. The number of rotatable bonds is 9. The molecule has 8 nitrogen and oxygen atoms in total. The molecular weight excluding hydrogens is 473 g/mol. The summed E-state index contributed by atoms with van der Waals surface area (Å²) in [5.74, 6) is -0.513. The molecule has 0 bridgehead atoms. The summed E-state index contributed by atoms with van der Waals surface area (Å²) in [5, 5.41) is 11.2. The Morgan fingerprint density at radius 2 is 1.70 bits per heavy atom. The van der Waals surface area contributed by atoms with E-state index in [1.54, 1.807) is 36.4 Å². The van der Waals surface area contributed by atoms with Crippen LogP contribution in [0.25, 0.3) is 11.0 Å². The van der Waals surface area contributed by atoms with Crippen LogP contribution >= 0.6 is 0 Å². The van der Waals surface area contributed by atoms with Gasteiger partial charge >= 0.3 is 0 Å². The summed E-state index contributed by atoms with van der Waals surface area (Å²) in [5.41, 5.74) is 2.68. The number of nitrogens with zero attached hydrogens (tertiary/aromatic N) is 4. The Bertz CT molecular complexity index is 1480. The van der Waals surface area contributed by atoms with Crippen molar-refractivity contribution in [2.45, 2.75) is 25.7 Å². The van der Waals surface area contributed by atoms with Gasteiger partial charge in [0.25, 0.3) is 0 Å². The Balaban J connectivity index is 1.50. The molecule has 5 aromatic rings. The molecule has 2 aromatic heterocycles. The molecule has 5 rings (SSSR count). The van der Waals surface area contributed by atoms with E-state index in [9.17, 15) is 14.0 Å². The monoisotopic (exact) mass is 497 g/mol. The molecular formula is C28H24FN5O3. The highest BCUT2D eigenvalue weighted by Crippen LogP contribution is 2.25. The molecule has 0 spiro atoms. The van der Waals surface area contributed by atoms with Crippen molar-refractivity contribution in [3.8, 4) is 0 Å². The van der Waals surface area contributed by atoms with Gasteiger partial charge in [0.15, 0.2) is 0 Å². The zero-order chi connectivity index (χ0) is 25.6. The van der Waals surface area contributed by atoms with E-state index in [2.05, 4.69) is 15.6 Å². The lowest BCUT2D eigenvalue weighted by molar-refractivity contribution is -0.142. The van der Waals surface area contributed by atoms with E-state index >= 15 is 0 Å². The van der Waals surface area contributed by atoms with Crippen molar-refractivity contribution in [2.75, 3.05) is 0 Å². The fourth-order valence-corrected chi connectivity index (χ4v) is 4.16. The van der Waals surface area contributed by atoms with Gasteiger partial charge in [-0.1, -0.05) is 59.8 Å². The maximum Gasteiger partial charge on any atom is 0.247 e. The van der Waals surface area contributed by atoms with E-state index in [4.69, 9.17) is 4.42 Å². The predicted octanol–water partition coefficient (Wildman–Crippen LogP) is 4.25. The van der Waals surface area contributed by atoms with Gasteiger partial charge in [-0.05, 0) is 47.5 Å². The average molecular weight is 498 g/mol. The zero-order valence-corrected chi connectivity index (χ0v) is 19.8. The second-order valence-corrected chi connectivity index (χ2v) is 8.49. The molecule has 0 aliphatic rings. The lowest BCUT2D eigenvalue weighted by Crippen LogP contribution is -2.44. The van der Waals surface area contributed by atoms with E-state index < -0.39 is 6.04 Å². The molecule has 1 atom stereocenters. The number of halogens is 1. The van der Waals surface area contributed by atoms with Gasteiger partial charge in [-0.25, -0.2) is 9.07 Å². The summed E-state index contributed by atoms with van der Waals surface area (Å²) in [4.78, 5) is 28.9. The van der Waals surface area contributed by atoms with Crippen molar-refractivity contribution < 1.29 is 18.4 Å². The first-order chi connectivity index (χ1) is 18.1. The molecule has 1 N–H and O–H groups in total. The number of para-hydroxylation sites is 1. The summed E-state index contributed by atoms with van der Waals surface area (Å²) in [6.45, 7) is 0.122. The van der Waals surface area contributed by atoms with E-state index in [1.807, 2.05) is 42.5 Å². The van der Waals surface area contributed by atoms with Crippen LogP contribution in [0.4, 0.5) is 4.39 Å².